The van der Waals surface area contributed by atoms with Gasteiger partial charge in [0, 0.05) is 24.7 Å². The molecule has 0 radical (unpaired) electrons. The van der Waals surface area contributed by atoms with Gasteiger partial charge < -0.3 is 16.0 Å². The Morgan fingerprint density at radius 1 is 1.19 bits per heavy atom. The van der Waals surface area contributed by atoms with Crippen LogP contribution in [0.25, 0.3) is 0 Å². The van der Waals surface area contributed by atoms with Crippen LogP contribution in [0.15, 0.2) is 24.3 Å². The molecule has 0 spiro atoms. The van der Waals surface area contributed by atoms with E-state index >= 15 is 0 Å². The molecule has 2 rings (SSSR count). The summed E-state index contributed by atoms with van der Waals surface area (Å²) in [5.74, 6) is 0.562. The lowest BCUT2D eigenvalue weighted by Crippen LogP contribution is -2.30. The van der Waals surface area contributed by atoms with Crippen molar-refractivity contribution in [2.45, 2.75) is 32.6 Å². The first-order valence-electron chi connectivity index (χ1n) is 7.52. The normalized spacial score (nSPS) is 18.0. The standard InChI is InChI=1S/C16H23N3O2/c1-12(20)18-14-5-7-15(8-6-14)19-16(21)9-4-13-3-2-10-17-11-13/h5-8,13,17H,2-4,9-11H2,1H3,(H,18,20)(H,19,21). The maximum atomic E-state index is 11.9. The number of hydrogen-bond acceptors (Lipinski definition) is 3. The third-order valence-electron chi connectivity index (χ3n) is 3.67. The zero-order valence-corrected chi connectivity index (χ0v) is 12.4. The van der Waals surface area contributed by atoms with E-state index in [1.54, 1.807) is 24.3 Å². The van der Waals surface area contributed by atoms with Crippen LogP contribution in [0, 0.1) is 5.92 Å². The highest BCUT2D eigenvalue weighted by atomic mass is 16.2. The Kier molecular flexibility index (Phi) is 5.75. The quantitative estimate of drug-likeness (QED) is 0.779. The van der Waals surface area contributed by atoms with Crippen LogP contribution >= 0.6 is 0 Å². The SMILES string of the molecule is CC(=O)Nc1ccc(NC(=O)CCC2CCCNC2)cc1. The Morgan fingerprint density at radius 3 is 2.43 bits per heavy atom. The topological polar surface area (TPSA) is 70.2 Å². The summed E-state index contributed by atoms with van der Waals surface area (Å²) in [7, 11) is 0. The number of carbonyl (C=O) groups is 2. The van der Waals surface area contributed by atoms with Gasteiger partial charge in [-0.1, -0.05) is 0 Å². The lowest BCUT2D eigenvalue weighted by Gasteiger charge is -2.22. The van der Waals surface area contributed by atoms with E-state index < -0.39 is 0 Å². The van der Waals surface area contributed by atoms with Crippen molar-refractivity contribution in [3.8, 4) is 0 Å². The second-order valence-corrected chi connectivity index (χ2v) is 5.56. The number of amides is 2. The molecule has 1 heterocycles. The lowest BCUT2D eigenvalue weighted by molar-refractivity contribution is -0.116. The van der Waals surface area contributed by atoms with E-state index in [4.69, 9.17) is 0 Å². The number of hydrogen-bond donors (Lipinski definition) is 3. The molecule has 3 N–H and O–H groups in total. The van der Waals surface area contributed by atoms with Crippen molar-refractivity contribution in [2.24, 2.45) is 5.92 Å². The van der Waals surface area contributed by atoms with Gasteiger partial charge in [0.1, 0.15) is 0 Å². The molecule has 1 aliphatic rings. The van der Waals surface area contributed by atoms with Crippen LogP contribution in [0.4, 0.5) is 11.4 Å². The van der Waals surface area contributed by atoms with Crippen molar-refractivity contribution in [3.63, 3.8) is 0 Å². The molecule has 0 aromatic heterocycles. The molecule has 1 saturated heterocycles. The van der Waals surface area contributed by atoms with E-state index in [1.807, 2.05) is 0 Å². The van der Waals surface area contributed by atoms with E-state index in [2.05, 4.69) is 16.0 Å². The van der Waals surface area contributed by atoms with Crippen LogP contribution in [0.5, 0.6) is 0 Å². The molecule has 0 bridgehead atoms. The Balaban J connectivity index is 1.75. The molecule has 2 amide bonds. The van der Waals surface area contributed by atoms with Gasteiger partial charge in [-0.05, 0) is 62.5 Å². The fraction of sp³-hybridized carbons (Fsp3) is 0.500. The summed E-state index contributed by atoms with van der Waals surface area (Å²) in [6.07, 6.45) is 3.91. The van der Waals surface area contributed by atoms with E-state index in [-0.39, 0.29) is 11.8 Å². The fourth-order valence-electron chi connectivity index (χ4n) is 2.57. The molecule has 1 aromatic carbocycles. The summed E-state index contributed by atoms with van der Waals surface area (Å²) in [4.78, 5) is 22.8. The number of carbonyl (C=O) groups excluding carboxylic acids is 2. The van der Waals surface area contributed by atoms with Crippen LogP contribution in [-0.2, 0) is 9.59 Å². The van der Waals surface area contributed by atoms with Crippen molar-refractivity contribution >= 4 is 23.2 Å². The van der Waals surface area contributed by atoms with Crippen LogP contribution in [0.3, 0.4) is 0 Å². The number of piperidine rings is 1. The van der Waals surface area contributed by atoms with Gasteiger partial charge in [0.05, 0.1) is 0 Å². The molecule has 0 saturated carbocycles. The first kappa shape index (κ1) is 15.5. The highest BCUT2D eigenvalue weighted by Gasteiger charge is 2.14. The fourth-order valence-corrected chi connectivity index (χ4v) is 2.57. The third-order valence-corrected chi connectivity index (χ3v) is 3.67. The summed E-state index contributed by atoms with van der Waals surface area (Å²) >= 11 is 0. The minimum Gasteiger partial charge on any atom is -0.326 e. The average Bonchev–Trinajstić information content (AvgIpc) is 2.48. The predicted octanol–water partition coefficient (Wildman–Crippen LogP) is 2.36. The summed E-state index contributed by atoms with van der Waals surface area (Å²) in [6, 6.07) is 7.15. The van der Waals surface area contributed by atoms with Gasteiger partial charge in [-0.15, -0.1) is 0 Å². The monoisotopic (exact) mass is 289 g/mol. The Labute approximate surface area is 125 Å². The molecule has 1 aliphatic heterocycles. The van der Waals surface area contributed by atoms with Gasteiger partial charge in [-0.3, -0.25) is 9.59 Å². The molecule has 0 aliphatic carbocycles. The Hall–Kier alpha value is -1.88. The molecule has 1 atom stereocenters. The first-order valence-corrected chi connectivity index (χ1v) is 7.52. The second kappa shape index (κ2) is 7.78. The smallest absolute Gasteiger partial charge is 0.224 e. The number of nitrogens with one attached hydrogen (secondary N) is 3. The van der Waals surface area contributed by atoms with E-state index in [1.165, 1.54) is 19.8 Å². The number of anilines is 2. The molecule has 1 unspecified atom stereocenters. The molecular weight excluding hydrogens is 266 g/mol. The molecule has 5 heteroatoms. The Morgan fingerprint density at radius 2 is 1.86 bits per heavy atom. The van der Waals surface area contributed by atoms with Gasteiger partial charge in [-0.2, -0.15) is 0 Å². The summed E-state index contributed by atoms with van der Waals surface area (Å²) in [5.41, 5.74) is 1.49. The highest BCUT2D eigenvalue weighted by Crippen LogP contribution is 2.17. The molecule has 1 aromatic rings. The van der Waals surface area contributed by atoms with Crippen molar-refractivity contribution < 1.29 is 9.59 Å². The zero-order valence-electron chi connectivity index (χ0n) is 12.4. The molecule has 5 nitrogen and oxygen atoms in total. The van der Waals surface area contributed by atoms with Crippen molar-refractivity contribution in [3.05, 3.63) is 24.3 Å². The number of benzene rings is 1. The Bertz CT molecular complexity index is 479. The molecule has 114 valence electrons. The average molecular weight is 289 g/mol. The summed E-state index contributed by atoms with van der Waals surface area (Å²) in [5, 5.41) is 8.95. The predicted molar refractivity (Wildman–Crippen MR) is 84.2 cm³/mol. The largest absolute Gasteiger partial charge is 0.326 e. The van der Waals surface area contributed by atoms with Crippen molar-refractivity contribution in [2.75, 3.05) is 23.7 Å². The van der Waals surface area contributed by atoms with Crippen molar-refractivity contribution in [1.29, 1.82) is 0 Å². The minimum absolute atomic E-state index is 0.0489. The van der Waals surface area contributed by atoms with Crippen LogP contribution in [0.1, 0.15) is 32.6 Å². The lowest BCUT2D eigenvalue weighted by atomic mass is 9.94. The van der Waals surface area contributed by atoms with Crippen LogP contribution in [-0.4, -0.2) is 24.9 Å². The zero-order chi connectivity index (χ0) is 15.1. The van der Waals surface area contributed by atoms with Gasteiger partial charge in [0.25, 0.3) is 0 Å². The van der Waals surface area contributed by atoms with Gasteiger partial charge in [0.2, 0.25) is 11.8 Å². The highest BCUT2D eigenvalue weighted by molar-refractivity contribution is 5.92. The van der Waals surface area contributed by atoms with Crippen molar-refractivity contribution in [1.82, 2.24) is 5.32 Å². The molecule has 1 fully saturated rings. The first-order chi connectivity index (χ1) is 10.1. The maximum absolute atomic E-state index is 11.9. The van der Waals surface area contributed by atoms with Gasteiger partial charge >= 0.3 is 0 Å². The van der Waals surface area contributed by atoms with Crippen LogP contribution in [0.2, 0.25) is 0 Å². The van der Waals surface area contributed by atoms with E-state index in [0.717, 1.165) is 30.9 Å². The van der Waals surface area contributed by atoms with Gasteiger partial charge in [-0.25, -0.2) is 0 Å². The van der Waals surface area contributed by atoms with E-state index in [9.17, 15) is 9.59 Å². The molecular formula is C16H23N3O2. The maximum Gasteiger partial charge on any atom is 0.224 e. The summed E-state index contributed by atoms with van der Waals surface area (Å²) in [6.45, 7) is 3.60. The number of rotatable bonds is 5. The minimum atomic E-state index is -0.104. The third kappa shape index (κ3) is 5.55. The molecule has 21 heavy (non-hydrogen) atoms. The second-order valence-electron chi connectivity index (χ2n) is 5.56. The van der Waals surface area contributed by atoms with Gasteiger partial charge in [0.15, 0.2) is 0 Å². The van der Waals surface area contributed by atoms with Crippen LogP contribution < -0.4 is 16.0 Å². The van der Waals surface area contributed by atoms with E-state index in [0.29, 0.717) is 12.3 Å². The summed E-state index contributed by atoms with van der Waals surface area (Å²) < 4.78 is 0.